The van der Waals surface area contributed by atoms with Gasteiger partial charge in [0, 0.05) is 26.0 Å². The van der Waals surface area contributed by atoms with Gasteiger partial charge in [-0.25, -0.2) is 0 Å². The van der Waals surface area contributed by atoms with Crippen LogP contribution in [-0.2, 0) is 6.42 Å². The Bertz CT molecular complexity index is 277. The number of guanidine groups is 1. The molecule has 1 heterocycles. The molecule has 78 valence electrons. The number of hydrogen-bond acceptors (Lipinski definition) is 2. The second-order valence-electron chi connectivity index (χ2n) is 3.09. The van der Waals surface area contributed by atoms with Crippen LogP contribution in [0.3, 0.4) is 0 Å². The van der Waals surface area contributed by atoms with E-state index in [-0.39, 0.29) is 0 Å². The van der Waals surface area contributed by atoms with Gasteiger partial charge in [-0.2, -0.15) is 0 Å². The Morgan fingerprint density at radius 3 is 3.00 bits per heavy atom. The smallest absolute Gasteiger partial charge is 0.192 e. The number of nitrogens with two attached hydrogens (primary N) is 2. The monoisotopic (exact) mass is 195 g/mol. The van der Waals surface area contributed by atoms with E-state index >= 15 is 0 Å². The third-order valence-electron chi connectivity index (χ3n) is 2.00. The molecule has 0 aliphatic heterocycles. The van der Waals surface area contributed by atoms with Crippen molar-refractivity contribution in [2.24, 2.45) is 16.5 Å². The zero-order valence-corrected chi connectivity index (χ0v) is 8.40. The number of nitrogens with one attached hydrogen (secondary N) is 1. The van der Waals surface area contributed by atoms with Crippen LogP contribution in [0.4, 0.5) is 0 Å². The molecule has 0 unspecified atom stereocenters. The Hall–Kier alpha value is -1.49. The molecule has 0 fully saturated rings. The van der Waals surface area contributed by atoms with E-state index in [1.165, 1.54) is 5.56 Å². The Labute approximate surface area is 83.8 Å². The van der Waals surface area contributed by atoms with Gasteiger partial charge < -0.3 is 21.4 Å². The van der Waals surface area contributed by atoms with Crippen LogP contribution < -0.4 is 11.5 Å². The van der Waals surface area contributed by atoms with Gasteiger partial charge in [0.1, 0.15) is 0 Å². The Kier molecular flexibility index (Phi) is 4.00. The van der Waals surface area contributed by atoms with Crippen LogP contribution in [-0.4, -0.2) is 36.1 Å². The molecule has 14 heavy (non-hydrogen) atoms. The average Bonchev–Trinajstić information content (AvgIpc) is 2.69. The largest absolute Gasteiger partial charge is 0.370 e. The maximum atomic E-state index is 5.66. The highest BCUT2D eigenvalue weighted by molar-refractivity contribution is 5.77. The number of H-pyrrole nitrogens is 1. The van der Waals surface area contributed by atoms with Crippen LogP contribution in [0.2, 0.25) is 0 Å². The van der Waals surface area contributed by atoms with Gasteiger partial charge in [-0.1, -0.05) is 0 Å². The summed E-state index contributed by atoms with van der Waals surface area (Å²) in [5, 5.41) is 0. The second kappa shape index (κ2) is 5.29. The molecule has 0 radical (unpaired) electrons. The minimum Gasteiger partial charge on any atom is -0.370 e. The lowest BCUT2D eigenvalue weighted by Crippen LogP contribution is -2.38. The summed E-state index contributed by atoms with van der Waals surface area (Å²) in [5.41, 5.74) is 12.3. The first kappa shape index (κ1) is 10.6. The third-order valence-corrected chi connectivity index (χ3v) is 2.00. The summed E-state index contributed by atoms with van der Waals surface area (Å²) in [7, 11) is 1.81. The summed E-state index contributed by atoms with van der Waals surface area (Å²) in [6, 6.07) is 2.03. The van der Waals surface area contributed by atoms with Crippen molar-refractivity contribution in [2.75, 3.05) is 20.3 Å². The molecule has 0 amide bonds. The molecule has 0 saturated heterocycles. The van der Waals surface area contributed by atoms with Crippen molar-refractivity contribution in [3.05, 3.63) is 24.0 Å². The van der Waals surface area contributed by atoms with Gasteiger partial charge in [0.15, 0.2) is 5.96 Å². The van der Waals surface area contributed by atoms with Crippen molar-refractivity contribution in [1.29, 1.82) is 0 Å². The van der Waals surface area contributed by atoms with E-state index in [2.05, 4.69) is 9.98 Å². The topological polar surface area (TPSA) is 83.4 Å². The number of aliphatic imine (C=N–C) groups is 1. The molecule has 0 aliphatic carbocycles. The lowest BCUT2D eigenvalue weighted by atomic mass is 10.2. The summed E-state index contributed by atoms with van der Waals surface area (Å²) in [6.45, 7) is 1.08. The van der Waals surface area contributed by atoms with Crippen molar-refractivity contribution in [3.63, 3.8) is 0 Å². The maximum Gasteiger partial charge on any atom is 0.192 e. The molecule has 0 atom stereocenters. The molecule has 0 aliphatic rings. The molecular weight excluding hydrogens is 178 g/mol. The summed E-state index contributed by atoms with van der Waals surface area (Å²) in [6.07, 6.45) is 4.75. The van der Waals surface area contributed by atoms with Gasteiger partial charge in [-0.05, 0) is 18.1 Å². The van der Waals surface area contributed by atoms with E-state index < -0.39 is 0 Å². The van der Waals surface area contributed by atoms with Crippen LogP contribution in [0.5, 0.6) is 0 Å². The molecule has 5 heteroatoms. The van der Waals surface area contributed by atoms with Crippen LogP contribution in [0, 0.1) is 0 Å². The maximum absolute atomic E-state index is 5.66. The number of nitrogens with zero attached hydrogens (tertiary/aromatic N) is 2. The van der Waals surface area contributed by atoms with Crippen LogP contribution in [0.1, 0.15) is 5.56 Å². The molecule has 0 saturated carbocycles. The average molecular weight is 195 g/mol. The summed E-state index contributed by atoms with van der Waals surface area (Å²) in [5.74, 6) is 0.489. The highest BCUT2D eigenvalue weighted by Gasteiger charge is 1.97. The molecule has 0 spiro atoms. The Balaban J connectivity index is 2.32. The molecule has 0 aromatic carbocycles. The lowest BCUT2D eigenvalue weighted by molar-refractivity contribution is 0.512. The predicted octanol–water partition coefficient (Wildman–Crippen LogP) is -0.280. The first-order valence-electron chi connectivity index (χ1n) is 4.57. The fourth-order valence-corrected chi connectivity index (χ4v) is 1.03. The molecule has 5 N–H and O–H groups in total. The minimum atomic E-state index is 0.388. The van der Waals surface area contributed by atoms with Crippen LogP contribution in [0.15, 0.2) is 23.5 Å². The van der Waals surface area contributed by atoms with E-state index in [0.29, 0.717) is 19.2 Å². The van der Waals surface area contributed by atoms with Gasteiger partial charge in [0.25, 0.3) is 0 Å². The van der Waals surface area contributed by atoms with E-state index in [0.717, 1.165) is 6.42 Å². The van der Waals surface area contributed by atoms with Crippen molar-refractivity contribution in [3.8, 4) is 0 Å². The number of aromatic amines is 1. The molecule has 1 rings (SSSR count). The molecule has 5 nitrogen and oxygen atoms in total. The fraction of sp³-hybridized carbons (Fsp3) is 0.444. The lowest BCUT2D eigenvalue weighted by Gasteiger charge is -2.14. The minimum absolute atomic E-state index is 0.388. The van der Waals surface area contributed by atoms with E-state index in [4.69, 9.17) is 11.5 Å². The third kappa shape index (κ3) is 3.10. The van der Waals surface area contributed by atoms with E-state index in [1.807, 2.05) is 25.5 Å². The first-order valence-corrected chi connectivity index (χ1v) is 4.57. The second-order valence-corrected chi connectivity index (χ2v) is 3.09. The highest BCUT2D eigenvalue weighted by atomic mass is 15.3. The number of rotatable bonds is 4. The normalized spacial score (nSPS) is 11.7. The first-order chi connectivity index (χ1) is 6.74. The van der Waals surface area contributed by atoms with Crippen molar-refractivity contribution >= 4 is 5.96 Å². The fourth-order valence-electron chi connectivity index (χ4n) is 1.03. The Morgan fingerprint density at radius 2 is 2.43 bits per heavy atom. The van der Waals surface area contributed by atoms with Crippen LogP contribution in [0.25, 0.3) is 0 Å². The van der Waals surface area contributed by atoms with Crippen molar-refractivity contribution in [1.82, 2.24) is 9.88 Å². The van der Waals surface area contributed by atoms with Gasteiger partial charge in [-0.15, -0.1) is 0 Å². The molecule has 1 aromatic rings. The summed E-state index contributed by atoms with van der Waals surface area (Å²) >= 11 is 0. The molecule has 1 aromatic heterocycles. The van der Waals surface area contributed by atoms with Crippen molar-refractivity contribution in [2.45, 2.75) is 6.42 Å². The van der Waals surface area contributed by atoms with E-state index in [9.17, 15) is 0 Å². The SMILES string of the molecule is CN(CN)C(N)=NCCc1cc[nH]c1. The van der Waals surface area contributed by atoms with Crippen LogP contribution >= 0.6 is 0 Å². The summed E-state index contributed by atoms with van der Waals surface area (Å²) in [4.78, 5) is 8.89. The molecular formula is C9H17N5. The highest BCUT2D eigenvalue weighted by Crippen LogP contribution is 1.97. The quantitative estimate of drug-likeness (QED) is 0.351. The predicted molar refractivity (Wildman–Crippen MR) is 57.8 cm³/mol. The summed E-state index contributed by atoms with van der Waals surface area (Å²) < 4.78 is 0. The zero-order chi connectivity index (χ0) is 10.4. The number of aromatic nitrogens is 1. The zero-order valence-electron chi connectivity index (χ0n) is 8.40. The van der Waals surface area contributed by atoms with Gasteiger partial charge in [0.05, 0.1) is 6.67 Å². The van der Waals surface area contributed by atoms with E-state index in [1.54, 1.807) is 4.90 Å². The van der Waals surface area contributed by atoms with Gasteiger partial charge in [-0.3, -0.25) is 4.99 Å². The standard InChI is InChI=1S/C9H17N5/c1-14(7-10)9(11)13-5-3-8-2-4-12-6-8/h2,4,6,12H,3,5,7,10H2,1H3,(H2,11,13). The van der Waals surface area contributed by atoms with Crippen molar-refractivity contribution < 1.29 is 0 Å². The van der Waals surface area contributed by atoms with Gasteiger partial charge >= 0.3 is 0 Å². The number of hydrogen-bond donors (Lipinski definition) is 3. The molecule has 0 bridgehead atoms. The van der Waals surface area contributed by atoms with Gasteiger partial charge in [0.2, 0.25) is 0 Å². The Morgan fingerprint density at radius 1 is 1.64 bits per heavy atom.